The fourth-order valence-corrected chi connectivity index (χ4v) is 0.567. The molecule has 9 heavy (non-hydrogen) atoms. The maximum Gasteiger partial charge on any atom is 0.0437 e. The second-order valence-corrected chi connectivity index (χ2v) is 2.40. The third-order valence-electron chi connectivity index (χ3n) is 1.44. The van der Waals surface area contributed by atoms with Crippen LogP contribution < -0.4 is 5.73 Å². The monoisotopic (exact) mass is 128 g/mol. The van der Waals surface area contributed by atoms with Crippen LogP contribution in [0.25, 0.3) is 0 Å². The number of nitrogens with two attached hydrogens (primary N) is 1. The van der Waals surface area contributed by atoms with Crippen molar-refractivity contribution in [3.63, 3.8) is 0 Å². The molecule has 2 heteroatoms. The van der Waals surface area contributed by atoms with E-state index < -0.39 is 0 Å². The normalized spacial score (nSPS) is 12.9. The molecule has 0 spiro atoms. The van der Waals surface area contributed by atoms with E-state index >= 15 is 0 Å². The summed E-state index contributed by atoms with van der Waals surface area (Å²) in [7, 11) is 3.91. The lowest BCUT2D eigenvalue weighted by Crippen LogP contribution is -2.29. The molecule has 1 atom stereocenters. The lowest BCUT2D eigenvalue weighted by molar-refractivity contribution is 0.459. The number of hydrogen-bond acceptors (Lipinski definition) is 2. The van der Waals surface area contributed by atoms with Crippen LogP contribution in [0.5, 0.6) is 0 Å². The molecule has 0 aromatic carbocycles. The predicted molar refractivity (Wildman–Crippen MR) is 41.1 cm³/mol. The van der Waals surface area contributed by atoms with Crippen LogP contribution in [-0.4, -0.2) is 25.0 Å². The van der Waals surface area contributed by atoms with Crippen LogP contribution >= 0.6 is 0 Å². The summed E-state index contributed by atoms with van der Waals surface area (Å²) in [4.78, 5) is 1.95. The molecule has 0 aliphatic heterocycles. The average Bonchev–Trinajstić information content (AvgIpc) is 1.84. The van der Waals surface area contributed by atoms with E-state index in [2.05, 4.69) is 13.5 Å². The predicted octanol–water partition coefficient (Wildman–Crippen LogP) is 0.799. The maximum atomic E-state index is 5.68. The Hall–Kier alpha value is -0.500. The first kappa shape index (κ1) is 8.50. The van der Waals surface area contributed by atoms with Gasteiger partial charge in [0.25, 0.3) is 0 Å². The van der Waals surface area contributed by atoms with Crippen molar-refractivity contribution in [3.8, 4) is 0 Å². The summed E-state index contributed by atoms with van der Waals surface area (Å²) >= 11 is 0. The fourth-order valence-electron chi connectivity index (χ4n) is 0.567. The smallest absolute Gasteiger partial charge is 0.0437 e. The van der Waals surface area contributed by atoms with E-state index in [9.17, 15) is 0 Å². The van der Waals surface area contributed by atoms with Crippen molar-refractivity contribution < 1.29 is 0 Å². The topological polar surface area (TPSA) is 29.3 Å². The van der Waals surface area contributed by atoms with Crippen molar-refractivity contribution in [2.75, 3.05) is 14.1 Å². The molecule has 0 saturated carbocycles. The number of nitrogens with zero attached hydrogens (tertiary/aromatic N) is 1. The van der Waals surface area contributed by atoms with E-state index in [1.165, 1.54) is 0 Å². The molecule has 0 aromatic heterocycles. The largest absolute Gasteiger partial charge is 0.380 e. The van der Waals surface area contributed by atoms with Gasteiger partial charge in [0, 0.05) is 25.8 Å². The van der Waals surface area contributed by atoms with Crippen LogP contribution in [0.15, 0.2) is 12.3 Å². The van der Waals surface area contributed by atoms with Crippen molar-refractivity contribution in [2.45, 2.75) is 19.4 Å². The molecule has 0 heterocycles. The van der Waals surface area contributed by atoms with Gasteiger partial charge in [-0.05, 0) is 6.42 Å². The first-order valence-electron chi connectivity index (χ1n) is 3.21. The van der Waals surface area contributed by atoms with Crippen LogP contribution in [0.4, 0.5) is 0 Å². The Labute approximate surface area is 57.3 Å². The molecule has 0 bridgehead atoms. The minimum Gasteiger partial charge on any atom is -0.380 e. The molecule has 54 valence electrons. The molecule has 0 aliphatic carbocycles. The van der Waals surface area contributed by atoms with E-state index in [0.717, 1.165) is 12.1 Å². The van der Waals surface area contributed by atoms with Gasteiger partial charge < -0.3 is 10.6 Å². The quantitative estimate of drug-likeness (QED) is 0.609. The molecule has 2 N–H and O–H groups in total. The summed E-state index contributed by atoms with van der Waals surface area (Å²) in [5, 5.41) is 0. The molecule has 0 saturated heterocycles. The van der Waals surface area contributed by atoms with E-state index in [4.69, 9.17) is 5.73 Å². The van der Waals surface area contributed by atoms with Crippen molar-refractivity contribution in [3.05, 3.63) is 12.3 Å². The van der Waals surface area contributed by atoms with Crippen LogP contribution in [0, 0.1) is 0 Å². The summed E-state index contributed by atoms with van der Waals surface area (Å²) in [5.41, 5.74) is 6.67. The Kier molecular flexibility index (Phi) is 3.32. The van der Waals surface area contributed by atoms with E-state index in [-0.39, 0.29) is 6.04 Å². The second-order valence-electron chi connectivity index (χ2n) is 2.40. The fraction of sp³-hybridized carbons (Fsp3) is 0.714. The SMILES string of the molecule is C=C(C(N)CC)N(C)C. The molecule has 0 radical (unpaired) electrons. The molecular weight excluding hydrogens is 112 g/mol. The van der Waals surface area contributed by atoms with Gasteiger partial charge in [-0.2, -0.15) is 0 Å². The van der Waals surface area contributed by atoms with Gasteiger partial charge in [-0.1, -0.05) is 13.5 Å². The molecule has 1 unspecified atom stereocenters. The van der Waals surface area contributed by atoms with Gasteiger partial charge in [-0.25, -0.2) is 0 Å². The standard InChI is InChI=1S/C7H16N2/c1-5-7(8)6(2)9(3)4/h7H,2,5,8H2,1,3-4H3. The average molecular weight is 128 g/mol. The van der Waals surface area contributed by atoms with Crippen molar-refractivity contribution >= 4 is 0 Å². The van der Waals surface area contributed by atoms with Gasteiger partial charge in [0.15, 0.2) is 0 Å². The third kappa shape index (κ3) is 2.51. The molecule has 0 rings (SSSR count). The highest BCUT2D eigenvalue weighted by Gasteiger charge is 2.04. The number of hydrogen-bond donors (Lipinski definition) is 1. The minimum absolute atomic E-state index is 0.125. The molecule has 2 nitrogen and oxygen atoms in total. The van der Waals surface area contributed by atoms with E-state index in [0.29, 0.717) is 0 Å². The first-order valence-corrected chi connectivity index (χ1v) is 3.21. The summed E-state index contributed by atoms with van der Waals surface area (Å²) in [5.74, 6) is 0. The summed E-state index contributed by atoms with van der Waals surface area (Å²) < 4.78 is 0. The van der Waals surface area contributed by atoms with Crippen LogP contribution in [0.3, 0.4) is 0 Å². The van der Waals surface area contributed by atoms with E-state index in [1.54, 1.807) is 0 Å². The Morgan fingerprint density at radius 2 is 2.11 bits per heavy atom. The minimum atomic E-state index is 0.125. The van der Waals surface area contributed by atoms with Gasteiger partial charge >= 0.3 is 0 Å². The van der Waals surface area contributed by atoms with Gasteiger partial charge in [-0.3, -0.25) is 0 Å². The Balaban J connectivity index is 3.73. The molecular formula is C7H16N2. The lowest BCUT2D eigenvalue weighted by atomic mass is 10.2. The lowest BCUT2D eigenvalue weighted by Gasteiger charge is -2.20. The van der Waals surface area contributed by atoms with Gasteiger partial charge in [-0.15, -0.1) is 0 Å². The van der Waals surface area contributed by atoms with Crippen LogP contribution in [0.1, 0.15) is 13.3 Å². The van der Waals surface area contributed by atoms with Crippen molar-refractivity contribution in [2.24, 2.45) is 5.73 Å². The third-order valence-corrected chi connectivity index (χ3v) is 1.44. The molecule has 0 fully saturated rings. The van der Waals surface area contributed by atoms with Crippen LogP contribution in [0.2, 0.25) is 0 Å². The number of likely N-dealkylation sites (N-methyl/N-ethyl adjacent to an activating group) is 1. The zero-order valence-electron chi connectivity index (χ0n) is 6.52. The van der Waals surface area contributed by atoms with Crippen LogP contribution in [-0.2, 0) is 0 Å². The molecule has 0 aliphatic rings. The highest BCUT2D eigenvalue weighted by molar-refractivity contribution is 5.00. The Morgan fingerprint density at radius 3 is 2.22 bits per heavy atom. The zero-order chi connectivity index (χ0) is 7.44. The molecule has 0 aromatic rings. The highest BCUT2D eigenvalue weighted by atomic mass is 15.1. The zero-order valence-corrected chi connectivity index (χ0v) is 6.52. The van der Waals surface area contributed by atoms with Gasteiger partial charge in [0.05, 0.1) is 0 Å². The Morgan fingerprint density at radius 1 is 1.67 bits per heavy atom. The highest BCUT2D eigenvalue weighted by Crippen LogP contribution is 2.01. The first-order chi connectivity index (χ1) is 4.09. The summed E-state index contributed by atoms with van der Waals surface area (Å²) in [6.45, 7) is 5.88. The summed E-state index contributed by atoms with van der Waals surface area (Å²) in [6.07, 6.45) is 0.955. The maximum absolute atomic E-state index is 5.68. The van der Waals surface area contributed by atoms with Crippen molar-refractivity contribution in [1.82, 2.24) is 4.90 Å². The van der Waals surface area contributed by atoms with Crippen molar-refractivity contribution in [1.29, 1.82) is 0 Å². The Bertz CT molecular complexity index is 97.1. The van der Waals surface area contributed by atoms with Gasteiger partial charge in [0.1, 0.15) is 0 Å². The second kappa shape index (κ2) is 3.51. The summed E-state index contributed by atoms with van der Waals surface area (Å²) in [6, 6.07) is 0.125. The number of rotatable bonds is 3. The van der Waals surface area contributed by atoms with Gasteiger partial charge in [0.2, 0.25) is 0 Å². The van der Waals surface area contributed by atoms with E-state index in [1.807, 2.05) is 19.0 Å². The molecule has 0 amide bonds.